The highest BCUT2D eigenvalue weighted by Crippen LogP contribution is 2.18. The Hall–Kier alpha value is -3.48. The first-order valence-corrected chi connectivity index (χ1v) is 8.51. The number of nitrogens with one attached hydrogen (secondary N) is 1. The maximum atomic E-state index is 13.8. The Bertz CT molecular complexity index is 1090. The van der Waals surface area contributed by atoms with E-state index in [2.05, 4.69) is 4.98 Å². The second-order valence-electron chi connectivity index (χ2n) is 6.30. The summed E-state index contributed by atoms with van der Waals surface area (Å²) in [5, 5.41) is 0.107. The molecule has 136 valence electrons. The van der Waals surface area contributed by atoms with Gasteiger partial charge in [0.15, 0.2) is 0 Å². The number of para-hydroxylation sites is 2. The molecule has 6 nitrogen and oxygen atoms in total. The maximum absolute atomic E-state index is 13.8. The minimum absolute atomic E-state index is 0.0593. The van der Waals surface area contributed by atoms with Gasteiger partial charge >= 0.3 is 0 Å². The molecule has 0 spiro atoms. The molecular weight excluding hydrogens is 349 g/mol. The van der Waals surface area contributed by atoms with Crippen molar-refractivity contribution in [3.8, 4) is 0 Å². The third kappa shape index (κ3) is 2.97. The van der Waals surface area contributed by atoms with E-state index in [0.717, 1.165) is 5.69 Å². The van der Waals surface area contributed by atoms with Gasteiger partial charge in [-0.25, -0.2) is 4.39 Å². The van der Waals surface area contributed by atoms with Crippen LogP contribution < -0.4 is 10.3 Å². The molecule has 1 aromatic heterocycles. The van der Waals surface area contributed by atoms with E-state index in [-0.39, 0.29) is 28.9 Å². The number of piperazine rings is 1. The molecular formula is C20H16FN3O3. The SMILES string of the molecule is O=C(c1c[nH]c2c(F)cccc2c1=O)N1CCN(c2ccccc2)C(=O)C1. The minimum Gasteiger partial charge on any atom is -0.358 e. The summed E-state index contributed by atoms with van der Waals surface area (Å²) < 4.78 is 13.8. The summed E-state index contributed by atoms with van der Waals surface area (Å²) in [5.74, 6) is -1.32. The van der Waals surface area contributed by atoms with Crippen LogP contribution in [0.15, 0.2) is 59.5 Å². The highest BCUT2D eigenvalue weighted by molar-refractivity contribution is 6.02. The van der Waals surface area contributed by atoms with E-state index in [1.165, 1.54) is 29.3 Å². The molecule has 1 fully saturated rings. The molecule has 7 heteroatoms. The second kappa shape index (κ2) is 6.68. The van der Waals surface area contributed by atoms with Gasteiger partial charge in [0.25, 0.3) is 5.91 Å². The van der Waals surface area contributed by atoms with Crippen LogP contribution in [0.3, 0.4) is 0 Å². The second-order valence-corrected chi connectivity index (χ2v) is 6.30. The average molecular weight is 365 g/mol. The molecule has 0 unspecified atom stereocenters. The lowest BCUT2D eigenvalue weighted by atomic mass is 10.1. The Labute approximate surface area is 153 Å². The first-order valence-electron chi connectivity index (χ1n) is 8.51. The number of pyridine rings is 1. The molecule has 4 rings (SSSR count). The van der Waals surface area contributed by atoms with Crippen molar-refractivity contribution >= 4 is 28.4 Å². The van der Waals surface area contributed by atoms with E-state index in [0.29, 0.717) is 13.1 Å². The van der Waals surface area contributed by atoms with Crippen LogP contribution in [-0.4, -0.2) is 41.3 Å². The van der Waals surface area contributed by atoms with E-state index in [1.54, 1.807) is 4.90 Å². The number of aromatic amines is 1. The van der Waals surface area contributed by atoms with Crippen molar-refractivity contribution in [3.63, 3.8) is 0 Å². The summed E-state index contributed by atoms with van der Waals surface area (Å²) in [4.78, 5) is 43.5. The number of anilines is 1. The first kappa shape index (κ1) is 17.0. The Kier molecular flexibility index (Phi) is 4.19. The van der Waals surface area contributed by atoms with Crippen molar-refractivity contribution in [1.29, 1.82) is 0 Å². The van der Waals surface area contributed by atoms with Crippen molar-refractivity contribution in [2.45, 2.75) is 0 Å². The van der Waals surface area contributed by atoms with Crippen LogP contribution in [0.5, 0.6) is 0 Å². The van der Waals surface area contributed by atoms with Crippen LogP contribution in [0.2, 0.25) is 0 Å². The molecule has 3 aromatic rings. The predicted octanol–water partition coefficient (Wildman–Crippen LogP) is 2.16. The van der Waals surface area contributed by atoms with E-state index in [1.807, 2.05) is 30.3 Å². The molecule has 0 aliphatic carbocycles. The molecule has 0 bridgehead atoms. The van der Waals surface area contributed by atoms with Gasteiger partial charge in [0.2, 0.25) is 11.3 Å². The number of carbonyl (C=O) groups excluding carboxylic acids is 2. The zero-order valence-electron chi connectivity index (χ0n) is 14.3. The Morgan fingerprint density at radius 1 is 1.00 bits per heavy atom. The monoisotopic (exact) mass is 365 g/mol. The van der Waals surface area contributed by atoms with E-state index in [9.17, 15) is 18.8 Å². The van der Waals surface area contributed by atoms with Crippen LogP contribution in [0, 0.1) is 5.82 Å². The van der Waals surface area contributed by atoms with Crippen molar-refractivity contribution in [2.75, 3.05) is 24.5 Å². The molecule has 0 atom stereocenters. The fourth-order valence-corrected chi connectivity index (χ4v) is 3.27. The lowest BCUT2D eigenvalue weighted by Gasteiger charge is -2.34. The van der Waals surface area contributed by atoms with Crippen LogP contribution in [0.4, 0.5) is 10.1 Å². The molecule has 0 radical (unpaired) electrons. The van der Waals surface area contributed by atoms with Crippen molar-refractivity contribution < 1.29 is 14.0 Å². The quantitative estimate of drug-likeness (QED) is 0.756. The molecule has 2 aromatic carbocycles. The van der Waals surface area contributed by atoms with Crippen molar-refractivity contribution in [2.24, 2.45) is 0 Å². The highest BCUT2D eigenvalue weighted by Gasteiger charge is 2.29. The van der Waals surface area contributed by atoms with Crippen LogP contribution in [-0.2, 0) is 4.79 Å². The normalized spacial score (nSPS) is 14.6. The summed E-state index contributed by atoms with van der Waals surface area (Å²) >= 11 is 0. The van der Waals surface area contributed by atoms with Gasteiger partial charge in [0.1, 0.15) is 17.9 Å². The van der Waals surface area contributed by atoms with Crippen molar-refractivity contribution in [3.05, 3.63) is 76.3 Å². The lowest BCUT2D eigenvalue weighted by Crippen LogP contribution is -2.53. The van der Waals surface area contributed by atoms with Gasteiger partial charge in [0, 0.05) is 30.4 Å². The number of hydrogen-bond acceptors (Lipinski definition) is 3. The van der Waals surface area contributed by atoms with Gasteiger partial charge < -0.3 is 14.8 Å². The molecule has 1 saturated heterocycles. The molecule has 27 heavy (non-hydrogen) atoms. The summed E-state index contributed by atoms with van der Waals surface area (Å²) in [5.41, 5.74) is 0.179. The zero-order chi connectivity index (χ0) is 19.0. The molecule has 1 aliphatic heterocycles. The third-order valence-electron chi connectivity index (χ3n) is 4.67. The lowest BCUT2D eigenvalue weighted by molar-refractivity contribution is -0.120. The third-order valence-corrected chi connectivity index (χ3v) is 4.67. The number of aromatic nitrogens is 1. The summed E-state index contributed by atoms with van der Waals surface area (Å²) in [7, 11) is 0. The fraction of sp³-hybridized carbons (Fsp3) is 0.150. The van der Waals surface area contributed by atoms with Crippen LogP contribution in [0.1, 0.15) is 10.4 Å². The van der Waals surface area contributed by atoms with Gasteiger partial charge in [-0.05, 0) is 24.3 Å². The number of benzene rings is 2. The van der Waals surface area contributed by atoms with Gasteiger partial charge in [-0.15, -0.1) is 0 Å². The molecule has 2 heterocycles. The predicted molar refractivity (Wildman–Crippen MR) is 99.2 cm³/mol. The molecule has 2 amide bonds. The molecule has 1 N–H and O–H groups in total. The van der Waals surface area contributed by atoms with E-state index >= 15 is 0 Å². The van der Waals surface area contributed by atoms with Gasteiger partial charge in [0.05, 0.1) is 5.52 Å². The number of fused-ring (bicyclic) bond motifs is 1. The molecule has 1 aliphatic rings. The zero-order valence-corrected chi connectivity index (χ0v) is 14.3. The number of halogens is 1. The minimum atomic E-state index is -0.560. The Morgan fingerprint density at radius 2 is 1.78 bits per heavy atom. The van der Waals surface area contributed by atoms with Gasteiger partial charge in [-0.1, -0.05) is 24.3 Å². The number of H-pyrrole nitrogens is 1. The highest BCUT2D eigenvalue weighted by atomic mass is 19.1. The number of hydrogen-bond donors (Lipinski definition) is 1. The summed E-state index contributed by atoms with van der Waals surface area (Å²) in [6.07, 6.45) is 1.21. The average Bonchev–Trinajstić information content (AvgIpc) is 2.69. The Morgan fingerprint density at radius 3 is 2.52 bits per heavy atom. The number of nitrogens with zero attached hydrogens (tertiary/aromatic N) is 2. The molecule has 0 saturated carbocycles. The first-order chi connectivity index (χ1) is 13.1. The maximum Gasteiger partial charge on any atom is 0.259 e. The van der Waals surface area contributed by atoms with Crippen LogP contribution >= 0.6 is 0 Å². The van der Waals surface area contributed by atoms with Gasteiger partial charge in [-0.3, -0.25) is 14.4 Å². The topological polar surface area (TPSA) is 73.5 Å². The standard InChI is InChI=1S/C20H16FN3O3/c21-16-8-4-7-14-18(16)22-11-15(19(14)26)20(27)23-9-10-24(17(25)12-23)13-5-2-1-3-6-13/h1-8,11H,9-10,12H2,(H,22,26). The Balaban J connectivity index is 1.60. The smallest absolute Gasteiger partial charge is 0.259 e. The van der Waals surface area contributed by atoms with Crippen molar-refractivity contribution in [1.82, 2.24) is 9.88 Å². The van der Waals surface area contributed by atoms with E-state index < -0.39 is 17.2 Å². The summed E-state index contributed by atoms with van der Waals surface area (Å²) in [6, 6.07) is 13.3. The number of amides is 2. The summed E-state index contributed by atoms with van der Waals surface area (Å²) in [6.45, 7) is 0.531. The van der Waals surface area contributed by atoms with Crippen LogP contribution in [0.25, 0.3) is 10.9 Å². The number of carbonyl (C=O) groups is 2. The fourth-order valence-electron chi connectivity index (χ4n) is 3.27. The van der Waals surface area contributed by atoms with E-state index in [4.69, 9.17) is 0 Å². The van der Waals surface area contributed by atoms with Gasteiger partial charge in [-0.2, -0.15) is 0 Å². The number of rotatable bonds is 2. The largest absolute Gasteiger partial charge is 0.358 e.